The molecule has 2 N–H and O–H groups in total. The summed E-state index contributed by atoms with van der Waals surface area (Å²) in [6, 6.07) is 6.95. The summed E-state index contributed by atoms with van der Waals surface area (Å²) >= 11 is 0. The number of hydrogen-bond donors (Lipinski definition) is 1. The summed E-state index contributed by atoms with van der Waals surface area (Å²) in [5.41, 5.74) is 6.89. The maximum atomic E-state index is 12.8. The monoisotopic (exact) mass is 237 g/mol. The molecule has 0 aliphatic carbocycles. The molecule has 94 valence electrons. The number of nitrogens with two attached hydrogens (primary N) is 1. The van der Waals surface area contributed by atoms with Crippen molar-refractivity contribution in [2.75, 3.05) is 37.6 Å². The Bertz CT molecular complexity index is 342. The molecule has 0 saturated carbocycles. The third-order valence-corrected chi connectivity index (χ3v) is 3.11. The molecule has 1 aromatic carbocycles. The predicted octanol–water partition coefficient (Wildman–Crippen LogP) is 1.29. The number of halogens is 1. The van der Waals surface area contributed by atoms with E-state index in [1.165, 1.54) is 12.1 Å². The Morgan fingerprint density at radius 1 is 1.18 bits per heavy atom. The van der Waals surface area contributed by atoms with Crippen molar-refractivity contribution in [1.29, 1.82) is 0 Å². The zero-order valence-corrected chi connectivity index (χ0v) is 10.3. The van der Waals surface area contributed by atoms with Gasteiger partial charge in [-0.1, -0.05) is 0 Å². The highest BCUT2D eigenvalue weighted by atomic mass is 19.1. The minimum absolute atomic E-state index is 0.177. The molecule has 1 aliphatic heterocycles. The van der Waals surface area contributed by atoms with E-state index in [1.54, 1.807) is 0 Å². The Labute approximate surface area is 102 Å². The average molecular weight is 237 g/mol. The van der Waals surface area contributed by atoms with Gasteiger partial charge < -0.3 is 10.6 Å². The van der Waals surface area contributed by atoms with Crippen LogP contribution < -0.4 is 10.6 Å². The van der Waals surface area contributed by atoms with E-state index in [2.05, 4.69) is 9.80 Å². The molecule has 0 aromatic heterocycles. The number of benzene rings is 1. The summed E-state index contributed by atoms with van der Waals surface area (Å²) in [5.74, 6) is -0.177. The van der Waals surface area contributed by atoms with Gasteiger partial charge in [0.05, 0.1) is 0 Å². The summed E-state index contributed by atoms with van der Waals surface area (Å²) in [4.78, 5) is 4.67. The highest BCUT2D eigenvalue weighted by Gasteiger charge is 2.17. The molecular formula is C13H20FN3. The number of hydrogen-bond acceptors (Lipinski definition) is 3. The summed E-state index contributed by atoms with van der Waals surface area (Å²) in [5, 5.41) is 0. The van der Waals surface area contributed by atoms with Crippen molar-refractivity contribution in [3.63, 3.8) is 0 Å². The molecule has 2 rings (SSSR count). The van der Waals surface area contributed by atoms with Crippen molar-refractivity contribution in [2.45, 2.75) is 13.0 Å². The van der Waals surface area contributed by atoms with Crippen LogP contribution in [0, 0.1) is 5.82 Å². The van der Waals surface area contributed by atoms with Crippen LogP contribution in [0.2, 0.25) is 0 Å². The predicted molar refractivity (Wildman–Crippen MR) is 68.7 cm³/mol. The maximum absolute atomic E-state index is 12.8. The second kappa shape index (κ2) is 5.47. The molecule has 0 bridgehead atoms. The third-order valence-electron chi connectivity index (χ3n) is 3.11. The lowest BCUT2D eigenvalue weighted by Crippen LogP contribution is -2.49. The van der Waals surface area contributed by atoms with Gasteiger partial charge in [-0.2, -0.15) is 0 Å². The quantitative estimate of drug-likeness (QED) is 0.860. The first-order chi connectivity index (χ1) is 8.15. The molecule has 0 unspecified atom stereocenters. The molecule has 1 atom stereocenters. The van der Waals surface area contributed by atoms with Crippen molar-refractivity contribution in [3.8, 4) is 0 Å². The van der Waals surface area contributed by atoms with Gasteiger partial charge in [0.25, 0.3) is 0 Å². The minimum atomic E-state index is -0.177. The van der Waals surface area contributed by atoms with E-state index in [4.69, 9.17) is 5.73 Å². The molecule has 17 heavy (non-hydrogen) atoms. The molecule has 0 radical (unpaired) electrons. The highest BCUT2D eigenvalue weighted by Crippen LogP contribution is 2.16. The molecule has 1 fully saturated rings. The van der Waals surface area contributed by atoms with Crippen LogP contribution in [0.15, 0.2) is 24.3 Å². The Kier molecular flexibility index (Phi) is 3.97. The van der Waals surface area contributed by atoms with E-state index < -0.39 is 0 Å². The van der Waals surface area contributed by atoms with Gasteiger partial charge in [0, 0.05) is 44.5 Å². The van der Waals surface area contributed by atoms with E-state index in [0.717, 1.165) is 38.4 Å². The van der Waals surface area contributed by atoms with Gasteiger partial charge >= 0.3 is 0 Å². The number of nitrogens with zero attached hydrogens (tertiary/aromatic N) is 2. The normalized spacial score (nSPS) is 19.4. The SMILES string of the molecule is C[C@@H](N)CN1CCN(c2ccc(F)cc2)CC1. The van der Waals surface area contributed by atoms with Crippen molar-refractivity contribution in [1.82, 2.24) is 4.90 Å². The lowest BCUT2D eigenvalue weighted by Gasteiger charge is -2.36. The Morgan fingerprint density at radius 2 is 1.76 bits per heavy atom. The molecular weight excluding hydrogens is 217 g/mol. The smallest absolute Gasteiger partial charge is 0.123 e. The van der Waals surface area contributed by atoms with Crippen molar-refractivity contribution in [3.05, 3.63) is 30.1 Å². The van der Waals surface area contributed by atoms with Gasteiger partial charge in [-0.25, -0.2) is 4.39 Å². The van der Waals surface area contributed by atoms with Crippen LogP contribution in [0.4, 0.5) is 10.1 Å². The van der Waals surface area contributed by atoms with Gasteiger partial charge in [0.15, 0.2) is 0 Å². The van der Waals surface area contributed by atoms with Crippen LogP contribution in [-0.2, 0) is 0 Å². The number of anilines is 1. The van der Waals surface area contributed by atoms with Crippen LogP contribution in [0.1, 0.15) is 6.92 Å². The largest absolute Gasteiger partial charge is 0.369 e. The van der Waals surface area contributed by atoms with Gasteiger partial charge in [-0.15, -0.1) is 0 Å². The van der Waals surface area contributed by atoms with Crippen molar-refractivity contribution in [2.24, 2.45) is 5.73 Å². The first-order valence-corrected chi connectivity index (χ1v) is 6.13. The second-order valence-corrected chi connectivity index (χ2v) is 4.74. The van der Waals surface area contributed by atoms with Crippen LogP contribution >= 0.6 is 0 Å². The molecule has 1 aliphatic rings. The topological polar surface area (TPSA) is 32.5 Å². The summed E-state index contributed by atoms with van der Waals surface area (Å²) < 4.78 is 12.8. The lowest BCUT2D eigenvalue weighted by molar-refractivity contribution is 0.247. The van der Waals surface area contributed by atoms with E-state index in [0.29, 0.717) is 0 Å². The Balaban J connectivity index is 1.88. The maximum Gasteiger partial charge on any atom is 0.123 e. The third kappa shape index (κ3) is 3.41. The van der Waals surface area contributed by atoms with E-state index in [1.807, 2.05) is 19.1 Å². The zero-order chi connectivity index (χ0) is 12.3. The van der Waals surface area contributed by atoms with Crippen LogP contribution in [0.5, 0.6) is 0 Å². The summed E-state index contributed by atoms with van der Waals surface area (Å²) in [7, 11) is 0. The minimum Gasteiger partial charge on any atom is -0.369 e. The molecule has 3 nitrogen and oxygen atoms in total. The highest BCUT2D eigenvalue weighted by molar-refractivity contribution is 5.46. The van der Waals surface area contributed by atoms with Crippen LogP contribution in [-0.4, -0.2) is 43.7 Å². The standard InChI is InChI=1S/C13H20FN3/c1-11(15)10-16-6-8-17(9-7-16)13-4-2-12(14)3-5-13/h2-5,11H,6-10,15H2,1H3/t11-/m1/s1. The second-order valence-electron chi connectivity index (χ2n) is 4.74. The molecule has 0 spiro atoms. The van der Waals surface area contributed by atoms with Gasteiger partial charge in [0.2, 0.25) is 0 Å². The average Bonchev–Trinajstić information content (AvgIpc) is 2.30. The summed E-state index contributed by atoms with van der Waals surface area (Å²) in [6.45, 7) is 7.01. The van der Waals surface area contributed by atoms with Crippen molar-refractivity contribution >= 4 is 5.69 Å². The first-order valence-electron chi connectivity index (χ1n) is 6.13. The molecule has 1 saturated heterocycles. The van der Waals surface area contributed by atoms with Crippen LogP contribution in [0.25, 0.3) is 0 Å². The van der Waals surface area contributed by atoms with Gasteiger partial charge in [0.1, 0.15) is 5.82 Å². The Hall–Kier alpha value is -1.13. The first kappa shape index (κ1) is 12.3. The molecule has 1 aromatic rings. The fourth-order valence-corrected chi connectivity index (χ4v) is 2.25. The van der Waals surface area contributed by atoms with Gasteiger partial charge in [-0.3, -0.25) is 4.90 Å². The fourth-order valence-electron chi connectivity index (χ4n) is 2.25. The molecule has 0 amide bonds. The molecule has 4 heteroatoms. The van der Waals surface area contributed by atoms with Crippen molar-refractivity contribution < 1.29 is 4.39 Å². The van der Waals surface area contributed by atoms with E-state index >= 15 is 0 Å². The van der Waals surface area contributed by atoms with E-state index in [-0.39, 0.29) is 11.9 Å². The molecule has 1 heterocycles. The number of rotatable bonds is 3. The van der Waals surface area contributed by atoms with E-state index in [9.17, 15) is 4.39 Å². The fraction of sp³-hybridized carbons (Fsp3) is 0.538. The Morgan fingerprint density at radius 3 is 2.29 bits per heavy atom. The lowest BCUT2D eigenvalue weighted by atomic mass is 10.2. The van der Waals surface area contributed by atoms with Gasteiger partial charge in [-0.05, 0) is 31.2 Å². The summed E-state index contributed by atoms with van der Waals surface area (Å²) in [6.07, 6.45) is 0. The van der Waals surface area contributed by atoms with Crippen LogP contribution in [0.3, 0.4) is 0 Å². The number of piperazine rings is 1. The zero-order valence-electron chi connectivity index (χ0n) is 10.3.